The van der Waals surface area contributed by atoms with Crippen LogP contribution in [-0.4, -0.2) is 30.7 Å². The lowest BCUT2D eigenvalue weighted by molar-refractivity contribution is 0.456. The second kappa shape index (κ2) is 5.57. The van der Waals surface area contributed by atoms with Crippen molar-refractivity contribution in [3.63, 3.8) is 0 Å². The molecule has 1 fully saturated rings. The number of halogens is 1. The number of fused-ring (bicyclic) bond motifs is 1. The molecule has 4 rings (SSSR count). The first-order valence-corrected chi connectivity index (χ1v) is 8.59. The molecule has 0 aliphatic carbocycles. The van der Waals surface area contributed by atoms with Crippen LogP contribution in [-0.2, 0) is 0 Å². The van der Waals surface area contributed by atoms with E-state index in [1.165, 1.54) is 0 Å². The Morgan fingerprint density at radius 1 is 1.45 bits per heavy atom. The number of benzene rings is 1. The van der Waals surface area contributed by atoms with Gasteiger partial charge in [-0.3, -0.25) is 0 Å². The number of thiophene rings is 1. The molecule has 0 saturated carbocycles. The number of piperazine rings is 1. The summed E-state index contributed by atoms with van der Waals surface area (Å²) in [6, 6.07) is 8.97. The highest BCUT2D eigenvalue weighted by Gasteiger charge is 2.24. The van der Waals surface area contributed by atoms with E-state index in [0.29, 0.717) is 17.1 Å². The zero-order valence-electron chi connectivity index (χ0n) is 12.2. The summed E-state index contributed by atoms with van der Waals surface area (Å²) in [7, 11) is 0. The molecule has 0 radical (unpaired) electrons. The standard InChI is InChI=1S/C16H16ClN3OS/c1-10-9-18-4-5-20(10)16-19-13-8-11(17)7-12(15(13)21-16)14-3-2-6-22-14/h2-3,6-8,10,18H,4-5,9H2,1H3/t10-/m0/s1. The third-order valence-electron chi connectivity index (χ3n) is 3.98. The van der Waals surface area contributed by atoms with Gasteiger partial charge in [0, 0.05) is 41.1 Å². The summed E-state index contributed by atoms with van der Waals surface area (Å²) in [4.78, 5) is 8.02. The Morgan fingerprint density at radius 2 is 2.36 bits per heavy atom. The van der Waals surface area contributed by atoms with E-state index in [2.05, 4.69) is 33.6 Å². The van der Waals surface area contributed by atoms with E-state index in [-0.39, 0.29) is 0 Å². The molecule has 0 spiro atoms. The first kappa shape index (κ1) is 14.1. The fourth-order valence-electron chi connectivity index (χ4n) is 2.85. The third-order valence-corrected chi connectivity index (χ3v) is 5.10. The fourth-order valence-corrected chi connectivity index (χ4v) is 3.80. The average Bonchev–Trinajstić information content (AvgIpc) is 3.15. The van der Waals surface area contributed by atoms with Crippen LogP contribution in [0.2, 0.25) is 5.02 Å². The number of anilines is 1. The number of hydrogen-bond acceptors (Lipinski definition) is 5. The summed E-state index contributed by atoms with van der Waals surface area (Å²) < 4.78 is 6.12. The average molecular weight is 334 g/mol. The van der Waals surface area contributed by atoms with Crippen LogP contribution in [0.15, 0.2) is 34.1 Å². The maximum Gasteiger partial charge on any atom is 0.298 e. The molecule has 2 aromatic heterocycles. The largest absolute Gasteiger partial charge is 0.423 e. The predicted molar refractivity (Wildman–Crippen MR) is 92.0 cm³/mol. The van der Waals surface area contributed by atoms with E-state index in [4.69, 9.17) is 16.0 Å². The van der Waals surface area contributed by atoms with E-state index >= 15 is 0 Å². The van der Waals surface area contributed by atoms with Crippen LogP contribution in [0.4, 0.5) is 6.01 Å². The smallest absolute Gasteiger partial charge is 0.298 e. The zero-order chi connectivity index (χ0) is 15.1. The van der Waals surface area contributed by atoms with Crippen LogP contribution in [0.1, 0.15) is 6.92 Å². The molecule has 1 saturated heterocycles. The summed E-state index contributed by atoms with van der Waals surface area (Å²) in [6.45, 7) is 4.96. The summed E-state index contributed by atoms with van der Waals surface area (Å²) in [5, 5.41) is 6.12. The Hall–Kier alpha value is -1.56. The second-order valence-corrected chi connectivity index (χ2v) is 6.91. The van der Waals surface area contributed by atoms with E-state index in [1.807, 2.05) is 18.2 Å². The van der Waals surface area contributed by atoms with Crippen LogP contribution in [0, 0.1) is 0 Å². The lowest BCUT2D eigenvalue weighted by Crippen LogP contribution is -2.50. The van der Waals surface area contributed by atoms with Crippen LogP contribution in [0.3, 0.4) is 0 Å². The minimum absolute atomic E-state index is 0.363. The Balaban J connectivity index is 1.85. The Bertz CT molecular complexity index is 799. The van der Waals surface area contributed by atoms with Gasteiger partial charge in [-0.1, -0.05) is 17.7 Å². The molecule has 114 valence electrons. The minimum Gasteiger partial charge on any atom is -0.423 e. The van der Waals surface area contributed by atoms with Crippen LogP contribution >= 0.6 is 22.9 Å². The van der Waals surface area contributed by atoms with Crippen molar-refractivity contribution in [3.05, 3.63) is 34.7 Å². The van der Waals surface area contributed by atoms with Gasteiger partial charge in [0.2, 0.25) is 0 Å². The van der Waals surface area contributed by atoms with E-state index in [1.54, 1.807) is 11.3 Å². The van der Waals surface area contributed by atoms with Crippen molar-refractivity contribution < 1.29 is 4.42 Å². The van der Waals surface area contributed by atoms with E-state index < -0.39 is 0 Å². The molecule has 0 unspecified atom stereocenters. The number of nitrogens with zero attached hydrogens (tertiary/aromatic N) is 2. The molecule has 6 heteroatoms. The second-order valence-electron chi connectivity index (χ2n) is 5.52. The fraction of sp³-hybridized carbons (Fsp3) is 0.312. The molecule has 3 aromatic rings. The lowest BCUT2D eigenvalue weighted by Gasteiger charge is -2.32. The highest BCUT2D eigenvalue weighted by molar-refractivity contribution is 7.13. The van der Waals surface area contributed by atoms with Crippen molar-refractivity contribution in [1.29, 1.82) is 0 Å². The highest BCUT2D eigenvalue weighted by Crippen LogP contribution is 2.36. The van der Waals surface area contributed by atoms with Crippen molar-refractivity contribution in [1.82, 2.24) is 10.3 Å². The number of rotatable bonds is 2. The zero-order valence-corrected chi connectivity index (χ0v) is 13.7. The van der Waals surface area contributed by atoms with Gasteiger partial charge < -0.3 is 14.6 Å². The van der Waals surface area contributed by atoms with Crippen LogP contribution in [0.5, 0.6) is 0 Å². The van der Waals surface area contributed by atoms with Crippen molar-refractivity contribution in [2.75, 3.05) is 24.5 Å². The molecule has 3 heterocycles. The number of oxazole rings is 1. The molecular formula is C16H16ClN3OS. The van der Waals surface area contributed by atoms with Gasteiger partial charge in [-0.05, 0) is 30.5 Å². The predicted octanol–water partition coefficient (Wildman–Crippen LogP) is 4.01. The van der Waals surface area contributed by atoms with Crippen molar-refractivity contribution in [2.45, 2.75) is 13.0 Å². The molecule has 1 N–H and O–H groups in total. The molecule has 1 aliphatic heterocycles. The van der Waals surface area contributed by atoms with Gasteiger partial charge in [-0.15, -0.1) is 11.3 Å². The molecule has 0 bridgehead atoms. The molecule has 4 nitrogen and oxygen atoms in total. The number of aromatic nitrogens is 1. The highest BCUT2D eigenvalue weighted by atomic mass is 35.5. The summed E-state index contributed by atoms with van der Waals surface area (Å²) in [6.07, 6.45) is 0. The van der Waals surface area contributed by atoms with Crippen molar-refractivity contribution >= 4 is 40.1 Å². The first-order valence-electron chi connectivity index (χ1n) is 7.34. The molecule has 1 aliphatic rings. The van der Waals surface area contributed by atoms with Crippen molar-refractivity contribution in [2.24, 2.45) is 0 Å². The minimum atomic E-state index is 0.363. The van der Waals surface area contributed by atoms with Gasteiger partial charge in [0.05, 0.1) is 0 Å². The Kier molecular flexibility index (Phi) is 3.56. The van der Waals surface area contributed by atoms with E-state index in [9.17, 15) is 0 Å². The van der Waals surface area contributed by atoms with Crippen LogP contribution < -0.4 is 10.2 Å². The monoisotopic (exact) mass is 333 g/mol. The molecule has 1 aromatic carbocycles. The SMILES string of the molecule is C[C@H]1CNCCN1c1nc2cc(Cl)cc(-c3cccs3)c2o1. The van der Waals surface area contributed by atoms with Gasteiger partial charge >= 0.3 is 0 Å². The molecule has 0 amide bonds. The summed E-state index contributed by atoms with van der Waals surface area (Å²) in [5.41, 5.74) is 2.64. The van der Waals surface area contributed by atoms with Gasteiger partial charge in [0.25, 0.3) is 6.01 Å². The van der Waals surface area contributed by atoms with Crippen molar-refractivity contribution in [3.8, 4) is 10.4 Å². The maximum absolute atomic E-state index is 6.26. The quantitative estimate of drug-likeness (QED) is 0.769. The van der Waals surface area contributed by atoms with Gasteiger partial charge in [-0.2, -0.15) is 4.98 Å². The number of hydrogen-bond donors (Lipinski definition) is 1. The molecular weight excluding hydrogens is 318 g/mol. The van der Waals surface area contributed by atoms with Crippen LogP contribution in [0.25, 0.3) is 21.5 Å². The summed E-state index contributed by atoms with van der Waals surface area (Å²) in [5.74, 6) is 0. The summed E-state index contributed by atoms with van der Waals surface area (Å²) >= 11 is 7.94. The Labute approximate surface area is 137 Å². The molecule has 22 heavy (non-hydrogen) atoms. The number of nitrogens with one attached hydrogen (secondary N) is 1. The van der Waals surface area contributed by atoms with Gasteiger partial charge in [-0.25, -0.2) is 0 Å². The van der Waals surface area contributed by atoms with Gasteiger partial charge in [0.15, 0.2) is 5.58 Å². The van der Waals surface area contributed by atoms with E-state index in [0.717, 1.165) is 41.2 Å². The Morgan fingerprint density at radius 3 is 3.14 bits per heavy atom. The van der Waals surface area contributed by atoms with Gasteiger partial charge in [0.1, 0.15) is 5.52 Å². The maximum atomic E-state index is 6.26. The topological polar surface area (TPSA) is 41.3 Å². The first-order chi connectivity index (χ1) is 10.7. The normalized spacial score (nSPS) is 19.0. The lowest BCUT2D eigenvalue weighted by atomic mass is 10.1. The third kappa shape index (κ3) is 2.39. The molecule has 1 atom stereocenters.